The predicted molar refractivity (Wildman–Crippen MR) is 126 cm³/mol. The Morgan fingerprint density at radius 2 is 1.72 bits per heavy atom. The number of amides is 1. The fourth-order valence-corrected chi connectivity index (χ4v) is 6.05. The van der Waals surface area contributed by atoms with E-state index in [0.717, 1.165) is 55.0 Å². The van der Waals surface area contributed by atoms with Gasteiger partial charge in [-0.3, -0.25) is 9.78 Å². The molecule has 2 heterocycles. The maximum absolute atomic E-state index is 12.7. The summed E-state index contributed by atoms with van der Waals surface area (Å²) in [4.78, 5) is 28.3. The van der Waals surface area contributed by atoms with Crippen molar-refractivity contribution < 1.29 is 4.79 Å². The van der Waals surface area contributed by atoms with Gasteiger partial charge in [-0.25, -0.2) is 9.97 Å². The van der Waals surface area contributed by atoms with Crippen molar-refractivity contribution in [3.63, 3.8) is 0 Å². The predicted octanol–water partition coefficient (Wildman–Crippen LogP) is 4.43. The number of hydrogen-bond acceptors (Lipinski definition) is 5. The number of aromatic nitrogens is 3. The number of pyridine rings is 1. The molecule has 0 spiro atoms. The van der Waals surface area contributed by atoms with Gasteiger partial charge < -0.3 is 10.2 Å². The molecule has 3 saturated carbocycles. The van der Waals surface area contributed by atoms with Crippen LogP contribution < -0.4 is 10.2 Å². The molecule has 0 bridgehead atoms. The maximum atomic E-state index is 12.7. The quantitative estimate of drug-likeness (QED) is 0.730. The molecule has 1 unspecified atom stereocenters. The molecule has 3 aliphatic rings. The van der Waals surface area contributed by atoms with E-state index in [2.05, 4.69) is 15.3 Å². The van der Waals surface area contributed by atoms with Gasteiger partial charge in [0.1, 0.15) is 0 Å². The summed E-state index contributed by atoms with van der Waals surface area (Å²) in [6.07, 6.45) is 15.3. The number of carbonyl (C=O) groups excluding carboxylic acids is 1. The van der Waals surface area contributed by atoms with Gasteiger partial charge in [0.05, 0.1) is 5.69 Å². The first-order chi connectivity index (χ1) is 15.6. The fourth-order valence-electron chi connectivity index (χ4n) is 6.05. The zero-order valence-corrected chi connectivity index (χ0v) is 19.3. The first-order valence-corrected chi connectivity index (χ1v) is 12.3. The van der Waals surface area contributed by atoms with Gasteiger partial charge >= 0.3 is 0 Å². The molecular weight excluding hydrogens is 398 g/mol. The molecule has 3 fully saturated rings. The Labute approximate surface area is 191 Å². The summed E-state index contributed by atoms with van der Waals surface area (Å²) in [6.45, 7) is 0.839. The highest BCUT2D eigenvalue weighted by Gasteiger charge is 2.54. The summed E-state index contributed by atoms with van der Waals surface area (Å²) in [5.41, 5.74) is 3.39. The number of carbonyl (C=O) groups is 1. The Kier molecular flexibility index (Phi) is 6.11. The van der Waals surface area contributed by atoms with Crippen molar-refractivity contribution in [3.05, 3.63) is 36.4 Å². The Morgan fingerprint density at radius 1 is 1.03 bits per heavy atom. The van der Waals surface area contributed by atoms with Gasteiger partial charge in [-0.1, -0.05) is 12.8 Å². The van der Waals surface area contributed by atoms with E-state index < -0.39 is 0 Å². The lowest BCUT2D eigenvalue weighted by Gasteiger charge is -2.30. The van der Waals surface area contributed by atoms with Crippen molar-refractivity contribution in [2.24, 2.45) is 23.7 Å². The van der Waals surface area contributed by atoms with Gasteiger partial charge in [0, 0.05) is 56.6 Å². The van der Waals surface area contributed by atoms with Crippen LogP contribution in [-0.2, 0) is 4.79 Å². The second-order valence-corrected chi connectivity index (χ2v) is 10.2. The monoisotopic (exact) mass is 433 g/mol. The first kappa shape index (κ1) is 21.4. The number of hydrogen-bond donors (Lipinski definition) is 1. The molecule has 1 N–H and O–H groups in total. The smallest absolute Gasteiger partial charge is 0.225 e. The average Bonchev–Trinajstić information content (AvgIpc) is 3.58. The molecular formula is C26H35N5O. The molecule has 5 rings (SSSR count). The van der Waals surface area contributed by atoms with E-state index in [4.69, 9.17) is 4.98 Å². The van der Waals surface area contributed by atoms with Crippen LogP contribution in [-0.4, -0.2) is 41.5 Å². The van der Waals surface area contributed by atoms with Gasteiger partial charge in [-0.05, 0) is 74.0 Å². The molecule has 2 aromatic rings. The Hall–Kier alpha value is -2.50. The number of nitrogens with one attached hydrogen (secondary N) is 1. The van der Waals surface area contributed by atoms with Crippen LogP contribution in [0.1, 0.15) is 63.0 Å². The highest BCUT2D eigenvalue weighted by Crippen LogP contribution is 2.55. The number of fused-ring (bicyclic) bond motifs is 1. The third-order valence-electron chi connectivity index (χ3n) is 7.95. The molecule has 170 valence electrons. The lowest BCUT2D eigenvalue weighted by Crippen LogP contribution is -2.32. The Balaban J connectivity index is 1.21. The SMILES string of the molecule is CN(C)c1ncc(-c2ccncc2)c(C2CCC(CNC(=O)C3[C@H]4CCCC[C@@H]34)CC2)n1. The van der Waals surface area contributed by atoms with Crippen LogP contribution in [0.15, 0.2) is 30.7 Å². The van der Waals surface area contributed by atoms with Crippen LogP contribution in [0.3, 0.4) is 0 Å². The Morgan fingerprint density at radius 3 is 2.38 bits per heavy atom. The molecule has 3 aliphatic carbocycles. The van der Waals surface area contributed by atoms with Crippen LogP contribution in [0.25, 0.3) is 11.1 Å². The number of rotatable bonds is 6. The van der Waals surface area contributed by atoms with Gasteiger partial charge in [0.25, 0.3) is 0 Å². The molecule has 6 heteroatoms. The van der Waals surface area contributed by atoms with E-state index >= 15 is 0 Å². The standard InChI is InChI=1S/C26H35N5O/c1-31(2)26-29-16-22(18-11-13-27-14-12-18)24(30-26)19-9-7-17(8-10-19)15-28-25(32)23-20-5-3-4-6-21(20)23/h11-14,16-17,19-21,23H,3-10,15H2,1-2H3,(H,28,32)/t17?,19?,20-,21+,23?. The summed E-state index contributed by atoms with van der Waals surface area (Å²) in [5.74, 6) is 3.80. The largest absolute Gasteiger partial charge is 0.356 e. The third kappa shape index (κ3) is 4.37. The molecule has 1 amide bonds. The van der Waals surface area contributed by atoms with E-state index in [1.807, 2.05) is 49.7 Å². The maximum Gasteiger partial charge on any atom is 0.225 e. The van der Waals surface area contributed by atoms with Crippen molar-refractivity contribution in [2.75, 3.05) is 25.5 Å². The van der Waals surface area contributed by atoms with Crippen molar-refractivity contribution in [2.45, 2.75) is 57.3 Å². The van der Waals surface area contributed by atoms with Crippen LogP contribution in [0.4, 0.5) is 5.95 Å². The molecule has 0 aromatic carbocycles. The molecule has 0 aliphatic heterocycles. The van der Waals surface area contributed by atoms with E-state index in [9.17, 15) is 4.79 Å². The van der Waals surface area contributed by atoms with E-state index in [1.54, 1.807) is 0 Å². The van der Waals surface area contributed by atoms with Crippen molar-refractivity contribution >= 4 is 11.9 Å². The lowest BCUT2D eigenvalue weighted by molar-refractivity contribution is -0.123. The fraction of sp³-hybridized carbons (Fsp3) is 0.615. The second kappa shape index (κ2) is 9.16. The number of anilines is 1. The van der Waals surface area contributed by atoms with Crippen LogP contribution in [0, 0.1) is 23.7 Å². The van der Waals surface area contributed by atoms with Crippen LogP contribution >= 0.6 is 0 Å². The highest BCUT2D eigenvalue weighted by molar-refractivity contribution is 5.82. The summed E-state index contributed by atoms with van der Waals surface area (Å²) < 4.78 is 0. The Bertz CT molecular complexity index is 926. The molecule has 0 saturated heterocycles. The summed E-state index contributed by atoms with van der Waals surface area (Å²) in [7, 11) is 3.97. The third-order valence-corrected chi connectivity index (χ3v) is 7.95. The minimum absolute atomic E-state index is 0.322. The van der Waals surface area contributed by atoms with Crippen molar-refractivity contribution in [1.82, 2.24) is 20.3 Å². The zero-order valence-electron chi connectivity index (χ0n) is 19.3. The topological polar surface area (TPSA) is 71.0 Å². The second-order valence-electron chi connectivity index (χ2n) is 10.2. The summed E-state index contributed by atoms with van der Waals surface area (Å²) in [5, 5.41) is 3.31. The first-order valence-electron chi connectivity index (χ1n) is 12.3. The number of nitrogens with zero attached hydrogens (tertiary/aromatic N) is 4. The summed E-state index contributed by atoms with van der Waals surface area (Å²) in [6, 6.07) is 4.07. The molecule has 0 radical (unpaired) electrons. The summed E-state index contributed by atoms with van der Waals surface area (Å²) >= 11 is 0. The van der Waals surface area contributed by atoms with Gasteiger partial charge in [-0.2, -0.15) is 0 Å². The van der Waals surface area contributed by atoms with Gasteiger partial charge in [0.2, 0.25) is 11.9 Å². The molecule has 3 atom stereocenters. The molecule has 2 aromatic heterocycles. The van der Waals surface area contributed by atoms with Gasteiger partial charge in [-0.15, -0.1) is 0 Å². The van der Waals surface area contributed by atoms with E-state index in [0.29, 0.717) is 35.5 Å². The molecule has 32 heavy (non-hydrogen) atoms. The van der Waals surface area contributed by atoms with Crippen molar-refractivity contribution in [3.8, 4) is 11.1 Å². The van der Waals surface area contributed by atoms with Crippen molar-refractivity contribution in [1.29, 1.82) is 0 Å². The minimum atomic E-state index is 0.322. The van der Waals surface area contributed by atoms with Crippen LogP contribution in [0.2, 0.25) is 0 Å². The highest BCUT2D eigenvalue weighted by atomic mass is 16.2. The minimum Gasteiger partial charge on any atom is -0.356 e. The lowest BCUT2D eigenvalue weighted by atomic mass is 9.79. The van der Waals surface area contributed by atoms with E-state index in [1.165, 1.54) is 25.7 Å². The normalized spacial score (nSPS) is 29.1. The molecule has 6 nitrogen and oxygen atoms in total. The average molecular weight is 434 g/mol. The van der Waals surface area contributed by atoms with E-state index in [-0.39, 0.29) is 0 Å². The van der Waals surface area contributed by atoms with Gasteiger partial charge in [0.15, 0.2) is 0 Å². The zero-order chi connectivity index (χ0) is 22.1. The van der Waals surface area contributed by atoms with Crippen LogP contribution in [0.5, 0.6) is 0 Å².